The molecular formula is C27H17Cl2N3O6. The average molecular weight is 550 g/mol. The van der Waals surface area contributed by atoms with Crippen LogP contribution in [0.5, 0.6) is 0 Å². The van der Waals surface area contributed by atoms with Gasteiger partial charge in [0.2, 0.25) is 5.91 Å². The van der Waals surface area contributed by atoms with Crippen LogP contribution in [0, 0.1) is 16.0 Å². The summed E-state index contributed by atoms with van der Waals surface area (Å²) in [5, 5.41) is 13.2. The van der Waals surface area contributed by atoms with Gasteiger partial charge in [0.15, 0.2) is 6.10 Å². The number of hydroxylamine groups is 1. The zero-order chi connectivity index (χ0) is 26.6. The van der Waals surface area contributed by atoms with Crippen LogP contribution in [0.2, 0.25) is 10.0 Å². The van der Waals surface area contributed by atoms with E-state index < -0.39 is 34.8 Å². The van der Waals surface area contributed by atoms with Gasteiger partial charge < -0.3 is 4.42 Å². The van der Waals surface area contributed by atoms with Crippen molar-refractivity contribution in [3.8, 4) is 11.3 Å². The molecule has 9 nitrogen and oxygen atoms in total. The minimum atomic E-state index is -1.07. The molecule has 0 N–H and O–H groups in total. The van der Waals surface area contributed by atoms with E-state index in [1.807, 2.05) is 18.2 Å². The number of imide groups is 1. The van der Waals surface area contributed by atoms with E-state index in [9.17, 15) is 19.7 Å². The van der Waals surface area contributed by atoms with Crippen molar-refractivity contribution in [2.75, 3.05) is 9.96 Å². The molecule has 0 aliphatic carbocycles. The first-order chi connectivity index (χ1) is 18.3. The molecule has 3 atom stereocenters. The Morgan fingerprint density at radius 2 is 1.58 bits per heavy atom. The van der Waals surface area contributed by atoms with Crippen molar-refractivity contribution in [1.29, 1.82) is 0 Å². The first kappa shape index (κ1) is 24.2. The normalized spacial score (nSPS) is 20.7. The summed E-state index contributed by atoms with van der Waals surface area (Å²) in [4.78, 5) is 44.9. The largest absolute Gasteiger partial charge is 0.459 e. The van der Waals surface area contributed by atoms with Crippen molar-refractivity contribution >= 4 is 52.1 Å². The number of halogens is 2. The molecule has 3 heterocycles. The number of benzene rings is 3. The molecule has 3 aromatic carbocycles. The fourth-order valence-corrected chi connectivity index (χ4v) is 5.21. The lowest BCUT2D eigenvalue weighted by molar-refractivity contribution is -0.384. The van der Waals surface area contributed by atoms with Gasteiger partial charge in [-0.15, -0.1) is 0 Å². The lowest BCUT2D eigenvalue weighted by Crippen LogP contribution is -2.37. The second-order valence-corrected chi connectivity index (χ2v) is 9.61. The summed E-state index contributed by atoms with van der Waals surface area (Å²) in [6.07, 6.45) is -1.07. The number of amides is 2. The number of nitrogens with zero attached hydrogens (tertiary/aromatic N) is 3. The molecule has 6 rings (SSSR count). The predicted octanol–water partition coefficient (Wildman–Crippen LogP) is 6.21. The van der Waals surface area contributed by atoms with Gasteiger partial charge in [0.05, 0.1) is 21.3 Å². The summed E-state index contributed by atoms with van der Waals surface area (Å²) >= 11 is 12.3. The first-order valence-corrected chi connectivity index (χ1v) is 12.3. The van der Waals surface area contributed by atoms with Gasteiger partial charge in [-0.2, -0.15) is 0 Å². The number of nitro groups is 1. The Labute approximate surface area is 225 Å². The number of nitro benzene ring substituents is 1. The number of hydrogen-bond donors (Lipinski definition) is 0. The Balaban J connectivity index is 1.41. The lowest BCUT2D eigenvalue weighted by Gasteiger charge is -2.27. The molecule has 2 saturated heterocycles. The first-order valence-electron chi connectivity index (χ1n) is 11.5. The van der Waals surface area contributed by atoms with Crippen LogP contribution in [0.1, 0.15) is 11.8 Å². The van der Waals surface area contributed by atoms with Gasteiger partial charge in [-0.25, -0.2) is 9.96 Å². The second-order valence-electron chi connectivity index (χ2n) is 8.77. The summed E-state index contributed by atoms with van der Waals surface area (Å²) < 4.78 is 6.16. The maximum absolute atomic E-state index is 13.7. The number of non-ortho nitro benzene ring substituents is 1. The highest BCUT2D eigenvalue weighted by Gasteiger charge is 2.61. The topological polar surface area (TPSA) is 106 Å². The summed E-state index contributed by atoms with van der Waals surface area (Å²) in [6.45, 7) is 0. The predicted molar refractivity (Wildman–Crippen MR) is 140 cm³/mol. The standard InChI is InChI=1S/C27H17Cl2N3O6/c28-15-6-8-16(9-7-15)30-26(33)23-24(31(38-25(23)27(30)34)17-4-2-1-3-5-17)22-13-12-21(37-22)19-11-10-18(32(35)36)14-20(19)29/h1-14,23-25H/t23-,24+,25-/m1/s1. The van der Waals surface area contributed by atoms with Crippen LogP contribution >= 0.6 is 23.2 Å². The summed E-state index contributed by atoms with van der Waals surface area (Å²) in [5.74, 6) is -1.11. The molecule has 2 aliphatic rings. The Morgan fingerprint density at radius 3 is 2.26 bits per heavy atom. The third-order valence-electron chi connectivity index (χ3n) is 6.56. The number of fused-ring (bicyclic) bond motifs is 1. The average Bonchev–Trinajstić information content (AvgIpc) is 3.60. The molecule has 11 heteroatoms. The van der Waals surface area contributed by atoms with E-state index in [2.05, 4.69) is 0 Å². The number of carbonyl (C=O) groups is 2. The van der Waals surface area contributed by atoms with Gasteiger partial charge in [0.1, 0.15) is 23.5 Å². The molecule has 0 spiro atoms. The zero-order valence-electron chi connectivity index (χ0n) is 19.4. The fourth-order valence-electron chi connectivity index (χ4n) is 4.82. The van der Waals surface area contributed by atoms with Gasteiger partial charge in [-0.05, 0) is 54.6 Å². The highest BCUT2D eigenvalue weighted by Crippen LogP contribution is 2.48. The number of carbonyl (C=O) groups excluding carboxylic acids is 2. The molecular weight excluding hydrogens is 533 g/mol. The van der Waals surface area contributed by atoms with Crippen LogP contribution in [0.4, 0.5) is 17.1 Å². The van der Waals surface area contributed by atoms with E-state index in [1.54, 1.807) is 48.5 Å². The van der Waals surface area contributed by atoms with Gasteiger partial charge in [-0.1, -0.05) is 41.4 Å². The van der Waals surface area contributed by atoms with Crippen molar-refractivity contribution < 1.29 is 23.8 Å². The minimum absolute atomic E-state index is 0.140. The monoisotopic (exact) mass is 549 g/mol. The van der Waals surface area contributed by atoms with Gasteiger partial charge >= 0.3 is 0 Å². The number of furan rings is 1. The van der Waals surface area contributed by atoms with E-state index in [0.717, 1.165) is 4.90 Å². The minimum Gasteiger partial charge on any atom is -0.459 e. The molecule has 38 heavy (non-hydrogen) atoms. The summed E-state index contributed by atoms with van der Waals surface area (Å²) in [7, 11) is 0. The van der Waals surface area contributed by atoms with Crippen molar-refractivity contribution in [2.24, 2.45) is 5.92 Å². The van der Waals surface area contributed by atoms with E-state index >= 15 is 0 Å². The van der Waals surface area contributed by atoms with E-state index in [-0.39, 0.29) is 10.7 Å². The van der Waals surface area contributed by atoms with Crippen molar-refractivity contribution in [3.05, 3.63) is 111 Å². The smallest absolute Gasteiger partial charge is 0.270 e. The number of rotatable bonds is 5. The molecule has 0 bridgehead atoms. The maximum atomic E-state index is 13.7. The van der Waals surface area contributed by atoms with Crippen LogP contribution in [-0.4, -0.2) is 22.8 Å². The van der Waals surface area contributed by atoms with Crippen molar-refractivity contribution in [3.63, 3.8) is 0 Å². The van der Waals surface area contributed by atoms with Crippen LogP contribution < -0.4 is 9.96 Å². The van der Waals surface area contributed by atoms with E-state index in [0.29, 0.717) is 33.5 Å². The highest BCUT2D eigenvalue weighted by atomic mass is 35.5. The van der Waals surface area contributed by atoms with Gasteiger partial charge in [0, 0.05) is 22.7 Å². The van der Waals surface area contributed by atoms with E-state index in [4.69, 9.17) is 32.5 Å². The van der Waals surface area contributed by atoms with Gasteiger partial charge in [-0.3, -0.25) is 24.5 Å². The SMILES string of the molecule is O=C1[C@H]2[C@@H](ON(c3ccccc3)[C@H]2c2ccc(-c3ccc([N+](=O)[O-])cc3Cl)o2)C(=O)N1c1ccc(Cl)cc1. The number of anilines is 2. The molecule has 1 aromatic heterocycles. The summed E-state index contributed by atoms with van der Waals surface area (Å²) in [6, 6.07) is 22.1. The van der Waals surface area contributed by atoms with E-state index in [1.165, 1.54) is 23.3 Å². The molecule has 2 aliphatic heterocycles. The molecule has 190 valence electrons. The van der Waals surface area contributed by atoms with Crippen LogP contribution in [0.3, 0.4) is 0 Å². The molecule has 0 saturated carbocycles. The lowest BCUT2D eigenvalue weighted by atomic mass is 9.94. The van der Waals surface area contributed by atoms with Crippen LogP contribution in [0.15, 0.2) is 89.3 Å². The quantitative estimate of drug-likeness (QED) is 0.165. The Kier molecular flexibility index (Phi) is 5.91. The number of hydrogen-bond acceptors (Lipinski definition) is 7. The molecule has 2 fully saturated rings. The molecule has 0 unspecified atom stereocenters. The van der Waals surface area contributed by atoms with Crippen molar-refractivity contribution in [2.45, 2.75) is 12.1 Å². The van der Waals surface area contributed by atoms with Gasteiger partial charge in [0.25, 0.3) is 11.6 Å². The third kappa shape index (κ3) is 3.92. The highest BCUT2D eigenvalue weighted by molar-refractivity contribution is 6.33. The fraction of sp³-hybridized carbons (Fsp3) is 0.111. The molecule has 4 aromatic rings. The molecule has 0 radical (unpaired) electrons. The maximum Gasteiger partial charge on any atom is 0.270 e. The Hall–Kier alpha value is -4.18. The third-order valence-corrected chi connectivity index (χ3v) is 7.12. The Bertz CT molecular complexity index is 1570. The van der Waals surface area contributed by atoms with Crippen molar-refractivity contribution in [1.82, 2.24) is 0 Å². The number of para-hydroxylation sites is 1. The van der Waals surface area contributed by atoms with Crippen LogP contribution in [-0.2, 0) is 14.4 Å². The summed E-state index contributed by atoms with van der Waals surface area (Å²) in [5.41, 5.74) is 1.33. The van der Waals surface area contributed by atoms with Crippen LogP contribution in [0.25, 0.3) is 11.3 Å². The Morgan fingerprint density at radius 1 is 0.842 bits per heavy atom. The zero-order valence-corrected chi connectivity index (χ0v) is 20.9. The second kappa shape index (κ2) is 9.29. The molecule has 2 amide bonds.